The molecule has 1 rings (SSSR count). The summed E-state index contributed by atoms with van der Waals surface area (Å²) in [7, 11) is 3.49. The zero-order chi connectivity index (χ0) is 13.5. The molecular weight excluding hydrogens is 224 g/mol. The van der Waals surface area contributed by atoms with Crippen LogP contribution in [0.3, 0.4) is 0 Å². The van der Waals surface area contributed by atoms with Crippen LogP contribution in [-0.2, 0) is 0 Å². The van der Waals surface area contributed by atoms with E-state index in [9.17, 15) is 4.79 Å². The zero-order valence-electron chi connectivity index (χ0n) is 11.7. The van der Waals surface area contributed by atoms with Crippen molar-refractivity contribution < 1.29 is 4.79 Å². The minimum absolute atomic E-state index is 0.00874. The summed E-state index contributed by atoms with van der Waals surface area (Å²) in [5.41, 5.74) is 2.88. The predicted octanol–water partition coefficient (Wildman–Crippen LogP) is 3.38. The number of pyridine rings is 1. The average Bonchev–Trinajstić information content (AvgIpc) is 2.38. The van der Waals surface area contributed by atoms with Crippen molar-refractivity contribution in [1.82, 2.24) is 9.88 Å². The third kappa shape index (κ3) is 3.69. The molecule has 3 nitrogen and oxygen atoms in total. The van der Waals surface area contributed by atoms with Gasteiger partial charge < -0.3 is 4.90 Å². The Morgan fingerprint density at radius 3 is 2.50 bits per heavy atom. The van der Waals surface area contributed by atoms with Crippen LogP contribution in [0.5, 0.6) is 0 Å². The molecule has 1 aromatic rings. The standard InChI is InChI=1S/C15H22N2O/c1-5-7-12(8-6-2)14-10-9-13(11-16-14)15(18)17(3)4/h7,9-11H,5-6,8H2,1-4H3/b12-7+. The van der Waals surface area contributed by atoms with Crippen molar-refractivity contribution >= 4 is 11.5 Å². The fraction of sp³-hybridized carbons (Fsp3) is 0.467. The van der Waals surface area contributed by atoms with Crippen LogP contribution in [0.25, 0.3) is 5.57 Å². The molecule has 1 aromatic heterocycles. The second-order valence-corrected chi connectivity index (χ2v) is 4.52. The van der Waals surface area contributed by atoms with E-state index >= 15 is 0 Å². The molecule has 0 saturated heterocycles. The van der Waals surface area contributed by atoms with E-state index in [-0.39, 0.29) is 5.91 Å². The van der Waals surface area contributed by atoms with E-state index in [1.165, 1.54) is 5.57 Å². The van der Waals surface area contributed by atoms with Crippen LogP contribution < -0.4 is 0 Å². The summed E-state index contributed by atoms with van der Waals surface area (Å²) in [5, 5.41) is 0. The molecule has 0 atom stereocenters. The summed E-state index contributed by atoms with van der Waals surface area (Å²) in [5.74, 6) is -0.00874. The molecule has 0 unspecified atom stereocenters. The smallest absolute Gasteiger partial charge is 0.254 e. The Morgan fingerprint density at radius 1 is 1.33 bits per heavy atom. The summed E-state index contributed by atoms with van der Waals surface area (Å²) >= 11 is 0. The lowest BCUT2D eigenvalue weighted by atomic mass is 10.0. The highest BCUT2D eigenvalue weighted by atomic mass is 16.2. The molecule has 0 saturated carbocycles. The second-order valence-electron chi connectivity index (χ2n) is 4.52. The molecule has 0 bridgehead atoms. The van der Waals surface area contributed by atoms with E-state index in [4.69, 9.17) is 0 Å². The van der Waals surface area contributed by atoms with Crippen molar-refractivity contribution in [2.45, 2.75) is 33.1 Å². The van der Waals surface area contributed by atoms with Crippen molar-refractivity contribution in [3.05, 3.63) is 35.7 Å². The van der Waals surface area contributed by atoms with E-state index in [1.54, 1.807) is 25.2 Å². The largest absolute Gasteiger partial charge is 0.345 e. The minimum atomic E-state index is -0.00874. The molecule has 0 radical (unpaired) electrons. The number of amides is 1. The highest BCUT2D eigenvalue weighted by Gasteiger charge is 2.09. The van der Waals surface area contributed by atoms with E-state index < -0.39 is 0 Å². The van der Waals surface area contributed by atoms with Crippen LogP contribution in [0.2, 0.25) is 0 Å². The SMILES string of the molecule is CC/C=C(\CCC)c1ccc(C(=O)N(C)C)cn1. The molecule has 0 aromatic carbocycles. The van der Waals surface area contributed by atoms with Gasteiger partial charge in [-0.2, -0.15) is 0 Å². The fourth-order valence-electron chi connectivity index (χ4n) is 1.82. The maximum atomic E-state index is 11.7. The number of carbonyl (C=O) groups is 1. The number of nitrogens with zero attached hydrogens (tertiary/aromatic N) is 2. The van der Waals surface area contributed by atoms with Crippen LogP contribution in [-0.4, -0.2) is 29.9 Å². The molecule has 1 heterocycles. The summed E-state index contributed by atoms with van der Waals surface area (Å²) in [6, 6.07) is 3.79. The average molecular weight is 246 g/mol. The molecule has 0 aliphatic rings. The van der Waals surface area contributed by atoms with Crippen molar-refractivity contribution in [3.63, 3.8) is 0 Å². The molecular formula is C15H22N2O. The lowest BCUT2D eigenvalue weighted by Gasteiger charge is -2.11. The molecule has 98 valence electrons. The topological polar surface area (TPSA) is 33.2 Å². The minimum Gasteiger partial charge on any atom is -0.345 e. The van der Waals surface area contributed by atoms with Gasteiger partial charge in [-0.15, -0.1) is 0 Å². The fourth-order valence-corrected chi connectivity index (χ4v) is 1.82. The first-order valence-electron chi connectivity index (χ1n) is 6.47. The Kier molecular flexibility index (Phi) is 5.56. The molecule has 1 amide bonds. The van der Waals surface area contributed by atoms with Gasteiger partial charge in [0.15, 0.2) is 0 Å². The molecule has 0 aliphatic carbocycles. The van der Waals surface area contributed by atoms with Gasteiger partial charge >= 0.3 is 0 Å². The first-order chi connectivity index (χ1) is 8.60. The lowest BCUT2D eigenvalue weighted by molar-refractivity contribution is 0.0827. The van der Waals surface area contributed by atoms with Gasteiger partial charge in [-0.1, -0.05) is 26.3 Å². The molecule has 0 aliphatic heterocycles. The van der Waals surface area contributed by atoms with Crippen LogP contribution in [0.4, 0.5) is 0 Å². The molecule has 0 N–H and O–H groups in total. The summed E-state index contributed by atoms with van der Waals surface area (Å²) in [4.78, 5) is 17.7. The van der Waals surface area contributed by atoms with Gasteiger partial charge in [0.1, 0.15) is 0 Å². The number of hydrogen-bond acceptors (Lipinski definition) is 2. The van der Waals surface area contributed by atoms with Crippen LogP contribution >= 0.6 is 0 Å². The Labute approximate surface area is 110 Å². The van der Waals surface area contributed by atoms with Gasteiger partial charge in [0.25, 0.3) is 5.91 Å². The summed E-state index contributed by atoms with van der Waals surface area (Å²) < 4.78 is 0. The van der Waals surface area contributed by atoms with Crippen LogP contribution in [0.15, 0.2) is 24.4 Å². The zero-order valence-corrected chi connectivity index (χ0v) is 11.7. The Balaban J connectivity index is 2.94. The Morgan fingerprint density at radius 2 is 2.06 bits per heavy atom. The maximum absolute atomic E-state index is 11.7. The second kappa shape index (κ2) is 6.94. The third-order valence-electron chi connectivity index (χ3n) is 2.72. The first kappa shape index (κ1) is 14.4. The number of rotatable bonds is 5. The third-order valence-corrected chi connectivity index (χ3v) is 2.72. The highest BCUT2D eigenvalue weighted by molar-refractivity contribution is 5.93. The maximum Gasteiger partial charge on any atom is 0.254 e. The normalized spacial score (nSPS) is 11.4. The molecule has 3 heteroatoms. The van der Waals surface area contributed by atoms with Gasteiger partial charge in [-0.05, 0) is 30.5 Å². The number of allylic oxidation sites excluding steroid dienone is 2. The predicted molar refractivity (Wildman–Crippen MR) is 75.4 cm³/mol. The molecule has 0 fully saturated rings. The summed E-state index contributed by atoms with van der Waals surface area (Å²) in [6.07, 6.45) is 7.01. The number of carbonyl (C=O) groups excluding carboxylic acids is 1. The van der Waals surface area contributed by atoms with Crippen molar-refractivity contribution in [1.29, 1.82) is 0 Å². The van der Waals surface area contributed by atoms with E-state index in [0.29, 0.717) is 5.56 Å². The Hall–Kier alpha value is -1.64. The molecule has 0 spiro atoms. The van der Waals surface area contributed by atoms with Gasteiger partial charge in [-0.3, -0.25) is 9.78 Å². The van der Waals surface area contributed by atoms with E-state index in [2.05, 4.69) is 24.9 Å². The first-order valence-corrected chi connectivity index (χ1v) is 6.47. The van der Waals surface area contributed by atoms with Crippen LogP contribution in [0, 0.1) is 0 Å². The van der Waals surface area contributed by atoms with Crippen molar-refractivity contribution in [2.75, 3.05) is 14.1 Å². The quantitative estimate of drug-likeness (QED) is 0.798. The lowest BCUT2D eigenvalue weighted by Crippen LogP contribution is -2.21. The Bertz CT molecular complexity index is 419. The van der Waals surface area contributed by atoms with Gasteiger partial charge in [0.2, 0.25) is 0 Å². The van der Waals surface area contributed by atoms with Gasteiger partial charge in [0, 0.05) is 20.3 Å². The van der Waals surface area contributed by atoms with Gasteiger partial charge in [-0.25, -0.2) is 0 Å². The van der Waals surface area contributed by atoms with E-state index in [0.717, 1.165) is 25.0 Å². The van der Waals surface area contributed by atoms with Gasteiger partial charge in [0.05, 0.1) is 11.3 Å². The number of hydrogen-bond donors (Lipinski definition) is 0. The van der Waals surface area contributed by atoms with E-state index in [1.807, 2.05) is 12.1 Å². The molecule has 18 heavy (non-hydrogen) atoms. The highest BCUT2D eigenvalue weighted by Crippen LogP contribution is 2.19. The van der Waals surface area contributed by atoms with Crippen LogP contribution in [0.1, 0.15) is 49.2 Å². The van der Waals surface area contributed by atoms with Crippen molar-refractivity contribution in [3.8, 4) is 0 Å². The van der Waals surface area contributed by atoms with Crippen molar-refractivity contribution in [2.24, 2.45) is 0 Å². The number of aromatic nitrogens is 1. The summed E-state index contributed by atoms with van der Waals surface area (Å²) in [6.45, 7) is 4.28. The monoisotopic (exact) mass is 246 g/mol.